The number of hydrogen-bond acceptors (Lipinski definition) is 3. The smallest absolute Gasteiger partial charge is 0.254 e. The van der Waals surface area contributed by atoms with Gasteiger partial charge in [-0.25, -0.2) is 0 Å². The van der Waals surface area contributed by atoms with Crippen LogP contribution in [-0.4, -0.2) is 34.7 Å². The van der Waals surface area contributed by atoms with Gasteiger partial charge in [-0.2, -0.15) is 0 Å². The van der Waals surface area contributed by atoms with E-state index in [-0.39, 0.29) is 23.8 Å². The third kappa shape index (κ3) is 7.79. The molecule has 35 heavy (non-hydrogen) atoms. The van der Waals surface area contributed by atoms with Crippen molar-refractivity contribution in [2.24, 2.45) is 5.92 Å². The second-order valence-electron chi connectivity index (χ2n) is 10.3. The molecule has 2 aromatic carbocycles. The van der Waals surface area contributed by atoms with Crippen LogP contribution < -0.4 is 0 Å². The molecule has 0 spiro atoms. The molecule has 0 radical (unpaired) electrons. The summed E-state index contributed by atoms with van der Waals surface area (Å²) >= 11 is 1.64. The normalized spacial score (nSPS) is 12.3. The SMILES string of the molecule is CCC(C)CN(CC(=O)N(Cc1ccccc1)Cc1cccs1)C(=O)c1ccc(C(C)(C)C)cc1. The molecule has 0 N–H and O–H groups in total. The summed E-state index contributed by atoms with van der Waals surface area (Å²) < 4.78 is 0. The third-order valence-corrected chi connectivity index (χ3v) is 7.20. The number of rotatable bonds is 10. The molecule has 5 heteroatoms. The molecule has 1 unspecified atom stereocenters. The quantitative estimate of drug-likeness (QED) is 0.315. The van der Waals surface area contributed by atoms with Gasteiger partial charge in [-0.05, 0) is 46.0 Å². The number of amides is 2. The monoisotopic (exact) mass is 490 g/mol. The van der Waals surface area contributed by atoms with Crippen molar-refractivity contribution in [3.63, 3.8) is 0 Å². The van der Waals surface area contributed by atoms with E-state index in [1.165, 1.54) is 5.56 Å². The lowest BCUT2D eigenvalue weighted by Gasteiger charge is -2.29. The van der Waals surface area contributed by atoms with E-state index in [1.807, 2.05) is 70.9 Å². The van der Waals surface area contributed by atoms with Gasteiger partial charge in [0.05, 0.1) is 6.54 Å². The molecule has 0 aliphatic heterocycles. The van der Waals surface area contributed by atoms with Gasteiger partial charge in [0.15, 0.2) is 0 Å². The van der Waals surface area contributed by atoms with Crippen molar-refractivity contribution >= 4 is 23.2 Å². The zero-order valence-corrected chi connectivity index (χ0v) is 22.5. The van der Waals surface area contributed by atoms with Crippen molar-refractivity contribution in [3.8, 4) is 0 Å². The molecule has 186 valence electrons. The standard InChI is InChI=1S/C30H38N2O2S/c1-6-23(2)19-32(29(34)25-14-16-26(17-15-25)30(3,4)5)22-28(33)31(21-27-13-10-18-35-27)20-24-11-8-7-9-12-24/h7-18,23H,6,19-22H2,1-5H3. The lowest BCUT2D eigenvalue weighted by atomic mass is 9.86. The minimum Gasteiger partial charge on any atom is -0.332 e. The Morgan fingerprint density at radius 1 is 0.886 bits per heavy atom. The maximum absolute atomic E-state index is 13.6. The molecular weight excluding hydrogens is 452 g/mol. The van der Waals surface area contributed by atoms with Crippen LogP contribution in [0.4, 0.5) is 0 Å². The average molecular weight is 491 g/mol. The Balaban J connectivity index is 1.82. The zero-order chi connectivity index (χ0) is 25.4. The topological polar surface area (TPSA) is 40.6 Å². The highest BCUT2D eigenvalue weighted by atomic mass is 32.1. The molecule has 0 aliphatic rings. The summed E-state index contributed by atoms with van der Waals surface area (Å²) in [6, 6.07) is 21.9. The van der Waals surface area contributed by atoms with E-state index in [0.717, 1.165) is 16.9 Å². The van der Waals surface area contributed by atoms with Crippen molar-refractivity contribution < 1.29 is 9.59 Å². The molecule has 0 aliphatic carbocycles. The Morgan fingerprint density at radius 3 is 2.14 bits per heavy atom. The van der Waals surface area contributed by atoms with Crippen LogP contribution in [0, 0.1) is 5.92 Å². The Hall–Kier alpha value is -2.92. The van der Waals surface area contributed by atoms with Crippen LogP contribution in [0.1, 0.15) is 67.4 Å². The molecule has 1 atom stereocenters. The minimum absolute atomic E-state index is 0.0215. The van der Waals surface area contributed by atoms with Gasteiger partial charge in [-0.15, -0.1) is 11.3 Å². The van der Waals surface area contributed by atoms with Crippen molar-refractivity contribution in [3.05, 3.63) is 93.7 Å². The molecule has 3 rings (SSSR count). The Labute approximate surface area is 214 Å². The van der Waals surface area contributed by atoms with Crippen LogP contribution in [0.25, 0.3) is 0 Å². The van der Waals surface area contributed by atoms with Crippen LogP contribution in [0.5, 0.6) is 0 Å². The first-order chi connectivity index (χ1) is 16.7. The van der Waals surface area contributed by atoms with E-state index in [4.69, 9.17) is 0 Å². The van der Waals surface area contributed by atoms with Crippen molar-refractivity contribution in [2.75, 3.05) is 13.1 Å². The number of benzene rings is 2. The van der Waals surface area contributed by atoms with Crippen molar-refractivity contribution in [1.82, 2.24) is 9.80 Å². The summed E-state index contributed by atoms with van der Waals surface area (Å²) in [5, 5.41) is 2.03. The summed E-state index contributed by atoms with van der Waals surface area (Å²) in [4.78, 5) is 31.9. The second kappa shape index (κ2) is 12.2. The largest absolute Gasteiger partial charge is 0.332 e. The van der Waals surface area contributed by atoms with Gasteiger partial charge in [0.1, 0.15) is 6.54 Å². The van der Waals surface area contributed by atoms with E-state index in [1.54, 1.807) is 16.2 Å². The zero-order valence-electron chi connectivity index (χ0n) is 21.7. The van der Waals surface area contributed by atoms with Crippen molar-refractivity contribution in [1.29, 1.82) is 0 Å². The fourth-order valence-corrected chi connectivity index (χ4v) is 4.63. The fraction of sp³-hybridized carbons (Fsp3) is 0.400. The first kappa shape index (κ1) is 26.7. The highest BCUT2D eigenvalue weighted by molar-refractivity contribution is 7.09. The highest BCUT2D eigenvalue weighted by Crippen LogP contribution is 2.23. The molecular formula is C30H38N2O2S. The molecule has 4 nitrogen and oxygen atoms in total. The summed E-state index contributed by atoms with van der Waals surface area (Å²) in [6.45, 7) is 12.4. The van der Waals surface area contributed by atoms with E-state index in [2.05, 4.69) is 40.7 Å². The van der Waals surface area contributed by atoms with Gasteiger partial charge in [0.2, 0.25) is 5.91 Å². The number of hydrogen-bond donors (Lipinski definition) is 0. The number of thiophene rings is 1. The molecule has 3 aromatic rings. The van der Waals surface area contributed by atoms with E-state index in [9.17, 15) is 9.59 Å². The predicted molar refractivity (Wildman–Crippen MR) is 146 cm³/mol. The van der Waals surface area contributed by atoms with Gasteiger partial charge >= 0.3 is 0 Å². The third-order valence-electron chi connectivity index (χ3n) is 6.34. The Bertz CT molecular complexity index is 1070. The number of nitrogens with zero attached hydrogens (tertiary/aromatic N) is 2. The molecule has 1 aromatic heterocycles. The van der Waals surface area contributed by atoms with Crippen LogP contribution in [-0.2, 0) is 23.3 Å². The van der Waals surface area contributed by atoms with Gasteiger partial charge < -0.3 is 9.80 Å². The van der Waals surface area contributed by atoms with Crippen LogP contribution in [0.15, 0.2) is 72.1 Å². The molecule has 0 fully saturated rings. The maximum Gasteiger partial charge on any atom is 0.254 e. The minimum atomic E-state index is -0.0881. The molecule has 0 saturated carbocycles. The first-order valence-electron chi connectivity index (χ1n) is 12.4. The van der Waals surface area contributed by atoms with Crippen LogP contribution >= 0.6 is 11.3 Å². The van der Waals surface area contributed by atoms with E-state index >= 15 is 0 Å². The van der Waals surface area contributed by atoms with Gasteiger partial charge in [0.25, 0.3) is 5.91 Å². The lowest BCUT2D eigenvalue weighted by Crippen LogP contribution is -2.44. The molecule has 0 saturated heterocycles. The maximum atomic E-state index is 13.6. The van der Waals surface area contributed by atoms with Gasteiger partial charge in [-0.3, -0.25) is 9.59 Å². The molecule has 0 bridgehead atoms. The van der Waals surface area contributed by atoms with Crippen LogP contribution in [0.3, 0.4) is 0 Å². The molecule has 1 heterocycles. The Morgan fingerprint density at radius 2 is 1.57 bits per heavy atom. The number of carbonyl (C=O) groups is 2. The van der Waals surface area contributed by atoms with E-state index in [0.29, 0.717) is 31.1 Å². The van der Waals surface area contributed by atoms with Crippen molar-refractivity contribution in [2.45, 2.75) is 59.5 Å². The van der Waals surface area contributed by atoms with Gasteiger partial charge in [-0.1, -0.05) is 89.6 Å². The predicted octanol–water partition coefficient (Wildman–Crippen LogP) is 6.76. The van der Waals surface area contributed by atoms with Gasteiger partial charge in [0, 0.05) is 23.5 Å². The average Bonchev–Trinajstić information content (AvgIpc) is 3.36. The Kier molecular flexibility index (Phi) is 9.27. The summed E-state index contributed by atoms with van der Waals surface area (Å²) in [5.41, 5.74) is 2.91. The summed E-state index contributed by atoms with van der Waals surface area (Å²) in [7, 11) is 0. The fourth-order valence-electron chi connectivity index (χ4n) is 3.91. The molecule has 2 amide bonds. The highest BCUT2D eigenvalue weighted by Gasteiger charge is 2.25. The number of carbonyl (C=O) groups excluding carboxylic acids is 2. The summed E-state index contributed by atoms with van der Waals surface area (Å²) in [5.74, 6) is 0.181. The van der Waals surface area contributed by atoms with E-state index < -0.39 is 0 Å². The second-order valence-corrected chi connectivity index (χ2v) is 11.4. The van der Waals surface area contributed by atoms with Crippen LogP contribution in [0.2, 0.25) is 0 Å². The first-order valence-corrected chi connectivity index (χ1v) is 13.3. The summed E-state index contributed by atoms with van der Waals surface area (Å²) in [6.07, 6.45) is 0.948. The lowest BCUT2D eigenvalue weighted by molar-refractivity contribution is -0.133.